The summed E-state index contributed by atoms with van der Waals surface area (Å²) in [6.07, 6.45) is 2.78. The first kappa shape index (κ1) is 14.6. The largest absolute Gasteiger partial charge is 0.481 e. The molecule has 1 aromatic rings. The van der Waals surface area contributed by atoms with Crippen LogP contribution < -0.4 is 5.32 Å². The number of aromatic nitrogens is 1. The van der Waals surface area contributed by atoms with Crippen molar-refractivity contribution in [2.24, 2.45) is 11.8 Å². The minimum atomic E-state index is -0.828. The molecule has 0 saturated carbocycles. The number of hydrogen-bond acceptors (Lipinski definition) is 4. The molecule has 1 unspecified atom stereocenters. The standard InChI is InChI=1S/C12H18N2O3S/c1-8(2)7-9(11(16)17)3-4-10(15)14-12-13-5-6-18-12/h5-6,8-9H,3-4,7H2,1-2H3,(H,16,17)(H,13,14,15). The number of nitrogens with zero attached hydrogens (tertiary/aromatic N) is 1. The van der Waals surface area contributed by atoms with Gasteiger partial charge in [-0.3, -0.25) is 9.59 Å². The van der Waals surface area contributed by atoms with Gasteiger partial charge in [0.2, 0.25) is 5.91 Å². The summed E-state index contributed by atoms with van der Waals surface area (Å²) in [6.45, 7) is 3.96. The number of aliphatic carboxylic acids is 1. The molecule has 100 valence electrons. The van der Waals surface area contributed by atoms with Gasteiger partial charge < -0.3 is 10.4 Å². The minimum absolute atomic E-state index is 0.181. The number of carbonyl (C=O) groups is 2. The van der Waals surface area contributed by atoms with Crippen LogP contribution in [0.5, 0.6) is 0 Å². The van der Waals surface area contributed by atoms with E-state index >= 15 is 0 Å². The van der Waals surface area contributed by atoms with E-state index in [0.29, 0.717) is 23.9 Å². The van der Waals surface area contributed by atoms with Crippen LogP contribution in [-0.2, 0) is 9.59 Å². The molecule has 0 aliphatic heterocycles. The van der Waals surface area contributed by atoms with Crippen LogP contribution in [-0.4, -0.2) is 22.0 Å². The van der Waals surface area contributed by atoms with Crippen molar-refractivity contribution < 1.29 is 14.7 Å². The van der Waals surface area contributed by atoms with Crippen LogP contribution in [0.1, 0.15) is 33.1 Å². The Labute approximate surface area is 110 Å². The molecule has 0 aromatic carbocycles. The highest BCUT2D eigenvalue weighted by atomic mass is 32.1. The Morgan fingerprint density at radius 2 is 2.22 bits per heavy atom. The first-order chi connectivity index (χ1) is 8.49. The van der Waals surface area contributed by atoms with E-state index in [1.54, 1.807) is 11.6 Å². The van der Waals surface area contributed by atoms with Crippen molar-refractivity contribution in [2.45, 2.75) is 33.1 Å². The number of amides is 1. The maximum absolute atomic E-state index is 11.6. The Hall–Kier alpha value is -1.43. The van der Waals surface area contributed by atoms with Gasteiger partial charge in [-0.05, 0) is 18.8 Å². The van der Waals surface area contributed by atoms with Crippen molar-refractivity contribution >= 4 is 28.3 Å². The fraction of sp³-hybridized carbons (Fsp3) is 0.583. The normalized spacial score (nSPS) is 12.4. The Morgan fingerprint density at radius 3 is 2.72 bits per heavy atom. The molecule has 0 fully saturated rings. The van der Waals surface area contributed by atoms with Gasteiger partial charge in [0.05, 0.1) is 5.92 Å². The summed E-state index contributed by atoms with van der Waals surface area (Å²) in [7, 11) is 0. The van der Waals surface area contributed by atoms with Crippen molar-refractivity contribution in [1.82, 2.24) is 4.98 Å². The lowest BCUT2D eigenvalue weighted by atomic mass is 9.93. The molecule has 0 aliphatic carbocycles. The van der Waals surface area contributed by atoms with Crippen LogP contribution in [0.25, 0.3) is 0 Å². The fourth-order valence-corrected chi connectivity index (χ4v) is 2.23. The van der Waals surface area contributed by atoms with Gasteiger partial charge in [-0.1, -0.05) is 13.8 Å². The Bertz CT molecular complexity index is 390. The van der Waals surface area contributed by atoms with Crippen molar-refractivity contribution in [1.29, 1.82) is 0 Å². The maximum atomic E-state index is 11.6. The third kappa shape index (κ3) is 5.27. The van der Waals surface area contributed by atoms with Crippen LogP contribution in [0.3, 0.4) is 0 Å². The molecule has 0 bridgehead atoms. The molecule has 1 atom stereocenters. The predicted molar refractivity (Wildman–Crippen MR) is 70.6 cm³/mol. The van der Waals surface area contributed by atoms with Crippen molar-refractivity contribution in [3.63, 3.8) is 0 Å². The second kappa shape index (κ2) is 7.10. The number of carboxylic acid groups (broad SMARTS) is 1. The summed E-state index contributed by atoms with van der Waals surface area (Å²) < 4.78 is 0. The molecule has 1 heterocycles. The van der Waals surface area contributed by atoms with Gasteiger partial charge in [-0.25, -0.2) is 4.98 Å². The highest BCUT2D eigenvalue weighted by molar-refractivity contribution is 7.13. The monoisotopic (exact) mass is 270 g/mol. The van der Waals surface area contributed by atoms with Crippen LogP contribution in [0.2, 0.25) is 0 Å². The lowest BCUT2D eigenvalue weighted by molar-refractivity contribution is -0.142. The van der Waals surface area contributed by atoms with Gasteiger partial charge in [-0.2, -0.15) is 0 Å². The van der Waals surface area contributed by atoms with Gasteiger partial charge in [0.15, 0.2) is 5.13 Å². The number of anilines is 1. The molecular weight excluding hydrogens is 252 g/mol. The zero-order chi connectivity index (χ0) is 13.5. The van der Waals surface area contributed by atoms with Crippen LogP contribution in [0.15, 0.2) is 11.6 Å². The maximum Gasteiger partial charge on any atom is 0.306 e. The van der Waals surface area contributed by atoms with Gasteiger partial charge in [0.1, 0.15) is 0 Å². The van der Waals surface area contributed by atoms with Gasteiger partial charge in [-0.15, -0.1) is 11.3 Å². The smallest absolute Gasteiger partial charge is 0.306 e. The van der Waals surface area contributed by atoms with E-state index in [2.05, 4.69) is 10.3 Å². The summed E-state index contributed by atoms with van der Waals surface area (Å²) >= 11 is 1.34. The Morgan fingerprint density at radius 1 is 1.50 bits per heavy atom. The summed E-state index contributed by atoms with van der Waals surface area (Å²) in [4.78, 5) is 26.5. The first-order valence-corrected chi connectivity index (χ1v) is 6.79. The Kier molecular flexibility index (Phi) is 5.77. The topological polar surface area (TPSA) is 79.3 Å². The Balaban J connectivity index is 2.37. The zero-order valence-corrected chi connectivity index (χ0v) is 11.4. The third-order valence-corrected chi connectivity index (χ3v) is 3.19. The summed E-state index contributed by atoms with van der Waals surface area (Å²) in [5.74, 6) is -1.15. The van der Waals surface area contributed by atoms with E-state index in [1.807, 2.05) is 13.8 Å². The van der Waals surface area contributed by atoms with Crippen molar-refractivity contribution in [2.75, 3.05) is 5.32 Å². The summed E-state index contributed by atoms with van der Waals surface area (Å²) in [5, 5.41) is 14.0. The van der Waals surface area contributed by atoms with E-state index in [1.165, 1.54) is 11.3 Å². The number of carbonyl (C=O) groups excluding carboxylic acids is 1. The van der Waals surface area contributed by atoms with E-state index < -0.39 is 11.9 Å². The highest BCUT2D eigenvalue weighted by Crippen LogP contribution is 2.18. The average Bonchev–Trinajstić information content (AvgIpc) is 2.76. The number of thiazole rings is 1. The second-order valence-corrected chi connectivity index (χ2v) is 5.48. The quantitative estimate of drug-likeness (QED) is 0.798. The van der Waals surface area contributed by atoms with Crippen molar-refractivity contribution in [3.8, 4) is 0 Å². The predicted octanol–water partition coefficient (Wildman–Crippen LogP) is 2.61. The van der Waals surface area contributed by atoms with E-state index in [0.717, 1.165) is 0 Å². The molecule has 2 N–H and O–H groups in total. The van der Waals surface area contributed by atoms with Gasteiger partial charge >= 0.3 is 5.97 Å². The third-order valence-electron chi connectivity index (χ3n) is 2.50. The molecule has 1 aromatic heterocycles. The van der Waals surface area contributed by atoms with Crippen LogP contribution >= 0.6 is 11.3 Å². The minimum Gasteiger partial charge on any atom is -0.481 e. The van der Waals surface area contributed by atoms with E-state index in [-0.39, 0.29) is 12.3 Å². The molecule has 5 nitrogen and oxygen atoms in total. The lowest BCUT2D eigenvalue weighted by Gasteiger charge is -2.13. The molecule has 18 heavy (non-hydrogen) atoms. The van der Waals surface area contributed by atoms with Crippen LogP contribution in [0, 0.1) is 11.8 Å². The average molecular weight is 270 g/mol. The number of hydrogen-bond donors (Lipinski definition) is 2. The molecule has 1 rings (SSSR count). The lowest BCUT2D eigenvalue weighted by Crippen LogP contribution is -2.19. The van der Waals surface area contributed by atoms with Crippen LogP contribution in [0.4, 0.5) is 5.13 Å². The number of rotatable bonds is 7. The summed E-state index contributed by atoms with van der Waals surface area (Å²) in [5.41, 5.74) is 0. The van der Waals surface area contributed by atoms with Gasteiger partial charge in [0.25, 0.3) is 0 Å². The number of nitrogens with one attached hydrogen (secondary N) is 1. The molecular formula is C12H18N2O3S. The first-order valence-electron chi connectivity index (χ1n) is 5.91. The van der Waals surface area contributed by atoms with E-state index in [4.69, 9.17) is 5.11 Å². The SMILES string of the molecule is CC(C)CC(CCC(=O)Nc1nccs1)C(=O)O. The summed E-state index contributed by atoms with van der Waals surface area (Å²) in [6, 6.07) is 0. The molecule has 6 heteroatoms. The number of carboxylic acids is 1. The van der Waals surface area contributed by atoms with Gasteiger partial charge in [0, 0.05) is 18.0 Å². The highest BCUT2D eigenvalue weighted by Gasteiger charge is 2.20. The fourth-order valence-electron chi connectivity index (χ4n) is 1.68. The zero-order valence-electron chi connectivity index (χ0n) is 10.5. The van der Waals surface area contributed by atoms with Crippen molar-refractivity contribution in [3.05, 3.63) is 11.6 Å². The second-order valence-electron chi connectivity index (χ2n) is 4.59. The molecule has 0 saturated heterocycles. The molecule has 0 aliphatic rings. The molecule has 0 radical (unpaired) electrons. The molecule has 1 amide bonds. The molecule has 0 spiro atoms. The van der Waals surface area contributed by atoms with E-state index in [9.17, 15) is 9.59 Å².